The first-order valence-corrected chi connectivity index (χ1v) is 4.98. The van der Waals surface area contributed by atoms with Crippen LogP contribution < -0.4 is 4.90 Å². The third-order valence-electron chi connectivity index (χ3n) is 2.57. The highest BCUT2D eigenvalue weighted by molar-refractivity contribution is 6.34. The van der Waals surface area contributed by atoms with Gasteiger partial charge in [0.25, 0.3) is 0 Å². The second-order valence-corrected chi connectivity index (χ2v) is 3.87. The molecule has 1 fully saturated rings. The molecule has 0 aromatic carbocycles. The van der Waals surface area contributed by atoms with Crippen LogP contribution in [0.3, 0.4) is 0 Å². The molecular formula is C9H12ClN3O. The number of carbonyl (C=O) groups is 1. The van der Waals surface area contributed by atoms with E-state index in [1.165, 1.54) is 0 Å². The van der Waals surface area contributed by atoms with Gasteiger partial charge in [0.15, 0.2) is 5.82 Å². The fourth-order valence-corrected chi connectivity index (χ4v) is 1.87. The molecule has 0 atom stereocenters. The quantitative estimate of drug-likeness (QED) is 0.709. The van der Waals surface area contributed by atoms with Crippen LogP contribution in [0.15, 0.2) is 0 Å². The Labute approximate surface area is 87.4 Å². The number of rotatable bonds is 1. The molecule has 0 N–H and O–H groups in total. The number of nitrogens with zero attached hydrogens (tertiary/aromatic N) is 3. The van der Waals surface area contributed by atoms with Gasteiger partial charge in [0.1, 0.15) is 5.02 Å². The molecule has 1 amide bonds. The van der Waals surface area contributed by atoms with Gasteiger partial charge in [0.05, 0.1) is 5.69 Å². The van der Waals surface area contributed by atoms with Crippen LogP contribution in [0.5, 0.6) is 0 Å². The zero-order chi connectivity index (χ0) is 10.3. The number of hydrogen-bond donors (Lipinski definition) is 0. The minimum absolute atomic E-state index is 0.116. The van der Waals surface area contributed by atoms with Gasteiger partial charge in [0.2, 0.25) is 5.91 Å². The van der Waals surface area contributed by atoms with Gasteiger partial charge >= 0.3 is 0 Å². The van der Waals surface area contributed by atoms with Gasteiger partial charge in [-0.05, 0) is 13.3 Å². The summed E-state index contributed by atoms with van der Waals surface area (Å²) in [5, 5.41) is 4.82. The predicted molar refractivity (Wildman–Crippen MR) is 54.5 cm³/mol. The van der Waals surface area contributed by atoms with Crippen LogP contribution >= 0.6 is 11.6 Å². The van der Waals surface area contributed by atoms with Gasteiger partial charge in [-0.15, -0.1) is 0 Å². The lowest BCUT2D eigenvalue weighted by molar-refractivity contribution is -0.117. The third-order valence-corrected chi connectivity index (χ3v) is 3.02. The molecule has 4 nitrogen and oxygen atoms in total. The van der Waals surface area contributed by atoms with E-state index in [2.05, 4.69) is 5.10 Å². The first-order chi connectivity index (χ1) is 6.61. The highest BCUT2D eigenvalue weighted by atomic mass is 35.5. The Morgan fingerprint density at radius 2 is 2.21 bits per heavy atom. The Morgan fingerprint density at radius 1 is 1.50 bits per heavy atom. The van der Waals surface area contributed by atoms with Gasteiger partial charge in [0, 0.05) is 20.0 Å². The summed E-state index contributed by atoms with van der Waals surface area (Å²) in [6.45, 7) is 2.62. The minimum atomic E-state index is 0.116. The highest BCUT2D eigenvalue weighted by Gasteiger charge is 2.26. The first kappa shape index (κ1) is 9.52. The van der Waals surface area contributed by atoms with Crippen LogP contribution in [-0.2, 0) is 11.8 Å². The van der Waals surface area contributed by atoms with E-state index in [1.54, 1.807) is 9.58 Å². The van der Waals surface area contributed by atoms with Gasteiger partial charge in [-0.25, -0.2) is 0 Å². The molecule has 5 heteroatoms. The summed E-state index contributed by atoms with van der Waals surface area (Å²) in [4.78, 5) is 13.1. The van der Waals surface area contributed by atoms with Gasteiger partial charge in [-0.1, -0.05) is 11.6 Å². The molecule has 14 heavy (non-hydrogen) atoms. The molecule has 1 aliphatic rings. The molecule has 0 aliphatic carbocycles. The Morgan fingerprint density at radius 3 is 2.64 bits per heavy atom. The average Bonchev–Trinajstić information content (AvgIpc) is 2.66. The third kappa shape index (κ3) is 1.30. The van der Waals surface area contributed by atoms with Crippen molar-refractivity contribution in [2.75, 3.05) is 11.4 Å². The van der Waals surface area contributed by atoms with Crippen molar-refractivity contribution < 1.29 is 4.79 Å². The van der Waals surface area contributed by atoms with Crippen LogP contribution in [0, 0.1) is 6.92 Å². The van der Waals surface area contributed by atoms with E-state index >= 15 is 0 Å². The van der Waals surface area contributed by atoms with Crippen molar-refractivity contribution in [3.05, 3.63) is 10.7 Å². The van der Waals surface area contributed by atoms with Crippen molar-refractivity contribution in [1.82, 2.24) is 9.78 Å². The van der Waals surface area contributed by atoms with Crippen LogP contribution in [0.1, 0.15) is 18.5 Å². The first-order valence-electron chi connectivity index (χ1n) is 4.60. The highest BCUT2D eigenvalue weighted by Crippen LogP contribution is 2.30. The molecule has 2 heterocycles. The van der Waals surface area contributed by atoms with E-state index < -0.39 is 0 Å². The lowest BCUT2D eigenvalue weighted by Crippen LogP contribution is -2.24. The van der Waals surface area contributed by atoms with Crippen molar-refractivity contribution in [3.63, 3.8) is 0 Å². The molecule has 0 bridgehead atoms. The predicted octanol–water partition coefficient (Wildman–Crippen LogP) is 1.51. The summed E-state index contributed by atoms with van der Waals surface area (Å²) in [5.74, 6) is 0.721. The maximum atomic E-state index is 11.5. The lowest BCUT2D eigenvalue weighted by atomic mass is 10.4. The standard InChI is InChI=1S/C9H12ClN3O/c1-6-8(10)9(11-12(6)2)13-5-3-4-7(13)14/h3-5H2,1-2H3. The summed E-state index contributed by atoms with van der Waals surface area (Å²) in [6.07, 6.45) is 1.50. The van der Waals surface area contributed by atoms with Crippen molar-refractivity contribution in [3.8, 4) is 0 Å². The second-order valence-electron chi connectivity index (χ2n) is 3.50. The molecular weight excluding hydrogens is 202 g/mol. The zero-order valence-corrected chi connectivity index (χ0v) is 9.01. The molecule has 1 aromatic rings. The van der Waals surface area contributed by atoms with E-state index in [9.17, 15) is 4.79 Å². The van der Waals surface area contributed by atoms with Crippen molar-refractivity contribution in [2.24, 2.45) is 7.05 Å². The molecule has 0 unspecified atom stereocenters. The Bertz CT molecular complexity index is 386. The van der Waals surface area contributed by atoms with E-state index in [0.717, 1.165) is 18.7 Å². The fraction of sp³-hybridized carbons (Fsp3) is 0.556. The van der Waals surface area contributed by atoms with Gasteiger partial charge < -0.3 is 0 Å². The van der Waals surface area contributed by atoms with Gasteiger partial charge in [-0.3, -0.25) is 14.4 Å². The van der Waals surface area contributed by atoms with Crippen molar-refractivity contribution in [2.45, 2.75) is 19.8 Å². The molecule has 1 aromatic heterocycles. The largest absolute Gasteiger partial charge is 0.294 e. The summed E-state index contributed by atoms with van der Waals surface area (Å²) in [5.41, 5.74) is 0.890. The molecule has 76 valence electrons. The summed E-state index contributed by atoms with van der Waals surface area (Å²) in [6, 6.07) is 0. The topological polar surface area (TPSA) is 38.1 Å². The number of amides is 1. The minimum Gasteiger partial charge on any atom is -0.294 e. The Kier molecular flexibility index (Phi) is 2.23. The van der Waals surface area contributed by atoms with Crippen LogP contribution in [0.2, 0.25) is 5.02 Å². The summed E-state index contributed by atoms with van der Waals surface area (Å²) >= 11 is 6.08. The molecule has 0 saturated carbocycles. The monoisotopic (exact) mass is 213 g/mol. The van der Waals surface area contributed by atoms with Crippen LogP contribution in [-0.4, -0.2) is 22.2 Å². The number of anilines is 1. The molecule has 0 radical (unpaired) electrons. The maximum Gasteiger partial charge on any atom is 0.228 e. The van der Waals surface area contributed by atoms with Crippen molar-refractivity contribution >= 4 is 23.3 Å². The van der Waals surface area contributed by atoms with Crippen molar-refractivity contribution in [1.29, 1.82) is 0 Å². The number of hydrogen-bond acceptors (Lipinski definition) is 2. The second kappa shape index (κ2) is 3.28. The Hall–Kier alpha value is -1.03. The molecule has 0 spiro atoms. The molecule has 1 saturated heterocycles. The SMILES string of the molecule is Cc1c(Cl)c(N2CCCC2=O)nn1C. The maximum absolute atomic E-state index is 11.5. The van der Waals surface area contributed by atoms with E-state index in [4.69, 9.17) is 11.6 Å². The zero-order valence-electron chi connectivity index (χ0n) is 8.25. The summed E-state index contributed by atoms with van der Waals surface area (Å²) < 4.78 is 1.70. The molecule has 1 aliphatic heterocycles. The average molecular weight is 214 g/mol. The molecule has 2 rings (SSSR count). The lowest BCUT2D eigenvalue weighted by Gasteiger charge is -2.11. The van der Waals surface area contributed by atoms with Crippen LogP contribution in [0.25, 0.3) is 0 Å². The number of halogens is 1. The van der Waals surface area contributed by atoms with E-state index in [-0.39, 0.29) is 5.91 Å². The normalized spacial score (nSPS) is 16.8. The number of carbonyl (C=O) groups excluding carboxylic acids is 1. The van der Waals surface area contributed by atoms with E-state index in [1.807, 2.05) is 14.0 Å². The Balaban J connectivity index is 2.41. The number of aromatic nitrogens is 2. The smallest absolute Gasteiger partial charge is 0.228 e. The van der Waals surface area contributed by atoms with Crippen LogP contribution in [0.4, 0.5) is 5.82 Å². The van der Waals surface area contributed by atoms with E-state index in [0.29, 0.717) is 17.3 Å². The van der Waals surface area contributed by atoms with Gasteiger partial charge in [-0.2, -0.15) is 5.10 Å². The summed E-state index contributed by atoms with van der Waals surface area (Å²) in [7, 11) is 1.82. The fourth-order valence-electron chi connectivity index (χ4n) is 1.61. The number of aryl methyl sites for hydroxylation is 1.